The van der Waals surface area contributed by atoms with E-state index in [2.05, 4.69) is 5.32 Å². The van der Waals surface area contributed by atoms with Crippen LogP contribution in [0.4, 0.5) is 11.4 Å². The van der Waals surface area contributed by atoms with E-state index in [0.717, 1.165) is 6.07 Å². The number of carbonyl (C=O) groups excluding carboxylic acids is 3. The van der Waals surface area contributed by atoms with Crippen molar-refractivity contribution >= 4 is 40.8 Å². The van der Waals surface area contributed by atoms with Gasteiger partial charge in [-0.1, -0.05) is 11.6 Å². The Morgan fingerprint density at radius 1 is 1.13 bits per heavy atom. The van der Waals surface area contributed by atoms with Crippen molar-refractivity contribution in [1.82, 2.24) is 0 Å². The van der Waals surface area contributed by atoms with Gasteiger partial charge in [0.1, 0.15) is 0 Å². The lowest BCUT2D eigenvalue weighted by atomic mass is 10.2. The van der Waals surface area contributed by atoms with Gasteiger partial charge in [0.25, 0.3) is 17.5 Å². The first kappa shape index (κ1) is 22.4. The van der Waals surface area contributed by atoms with Crippen LogP contribution in [0.1, 0.15) is 10.4 Å². The van der Waals surface area contributed by atoms with E-state index in [1.807, 2.05) is 0 Å². The number of non-ortho nitro benzene ring substituents is 1. The summed E-state index contributed by atoms with van der Waals surface area (Å²) in [5.74, 6) is -1.94. The van der Waals surface area contributed by atoms with E-state index in [9.17, 15) is 24.5 Å². The third-order valence-corrected chi connectivity index (χ3v) is 3.87. The molecular weight excluding hydrogens is 422 g/mol. The molecule has 2 rings (SSSR count). The molecule has 0 spiro atoms. The Kier molecular flexibility index (Phi) is 7.53. The lowest BCUT2D eigenvalue weighted by Gasteiger charge is -2.11. The number of amides is 2. The minimum absolute atomic E-state index is 0.00420. The molecule has 0 saturated heterocycles. The van der Waals surface area contributed by atoms with Crippen molar-refractivity contribution < 1.29 is 33.5 Å². The first-order valence-electron chi connectivity index (χ1n) is 8.21. The summed E-state index contributed by atoms with van der Waals surface area (Å²) in [6, 6.07) is 7.54. The number of nitrogens with one attached hydrogen (secondary N) is 1. The highest BCUT2D eigenvalue weighted by atomic mass is 35.5. The number of hydrogen-bond acceptors (Lipinski definition) is 8. The molecule has 158 valence electrons. The summed E-state index contributed by atoms with van der Waals surface area (Å²) >= 11 is 5.90. The summed E-state index contributed by atoms with van der Waals surface area (Å²) in [5, 5.41) is 13.2. The summed E-state index contributed by atoms with van der Waals surface area (Å²) in [6.07, 6.45) is 0. The predicted molar refractivity (Wildman–Crippen MR) is 105 cm³/mol. The summed E-state index contributed by atoms with van der Waals surface area (Å²) in [4.78, 5) is 45.1. The fourth-order valence-corrected chi connectivity index (χ4v) is 2.35. The minimum atomic E-state index is -0.838. The average Bonchev–Trinajstić information content (AvgIpc) is 2.71. The molecule has 0 aliphatic carbocycles. The van der Waals surface area contributed by atoms with Gasteiger partial charge in [-0.2, -0.15) is 0 Å². The molecule has 0 unspecified atom stereocenters. The highest BCUT2D eigenvalue weighted by Gasteiger charge is 2.16. The average molecular weight is 438 g/mol. The Morgan fingerprint density at radius 3 is 2.50 bits per heavy atom. The van der Waals surface area contributed by atoms with Gasteiger partial charge >= 0.3 is 5.97 Å². The number of nitro groups is 1. The predicted octanol–water partition coefficient (Wildman–Crippen LogP) is 1.92. The number of esters is 1. The third kappa shape index (κ3) is 6.07. The topological polar surface area (TPSA) is 160 Å². The fourth-order valence-electron chi connectivity index (χ4n) is 2.19. The molecule has 0 aliphatic heterocycles. The van der Waals surface area contributed by atoms with E-state index in [4.69, 9.17) is 31.5 Å². The van der Waals surface area contributed by atoms with Gasteiger partial charge in [0.05, 0.1) is 28.3 Å². The molecule has 0 bridgehead atoms. The van der Waals surface area contributed by atoms with Gasteiger partial charge in [0.15, 0.2) is 24.7 Å². The number of nitrogens with zero attached hydrogens (tertiary/aromatic N) is 1. The number of nitro benzene ring substituents is 1. The third-order valence-electron chi connectivity index (χ3n) is 3.54. The minimum Gasteiger partial charge on any atom is -0.493 e. The smallest absolute Gasteiger partial charge is 0.338 e. The molecule has 11 nitrogen and oxygen atoms in total. The van der Waals surface area contributed by atoms with Crippen LogP contribution >= 0.6 is 11.6 Å². The SMILES string of the molecule is COc1cc(C(=O)OCC(=O)Nc2cc([N+](=O)[O-])ccc2Cl)ccc1OCC(N)=O. The van der Waals surface area contributed by atoms with E-state index < -0.39 is 29.3 Å². The molecular formula is C18H16ClN3O8. The van der Waals surface area contributed by atoms with E-state index in [1.165, 1.54) is 37.4 Å². The van der Waals surface area contributed by atoms with Gasteiger partial charge in [-0.05, 0) is 24.3 Å². The van der Waals surface area contributed by atoms with Crippen molar-refractivity contribution in [2.75, 3.05) is 25.6 Å². The van der Waals surface area contributed by atoms with E-state index >= 15 is 0 Å². The zero-order chi connectivity index (χ0) is 22.3. The first-order valence-corrected chi connectivity index (χ1v) is 8.59. The number of anilines is 1. The van der Waals surface area contributed by atoms with E-state index in [-0.39, 0.29) is 40.1 Å². The molecule has 0 heterocycles. The van der Waals surface area contributed by atoms with Crippen LogP contribution in [0.5, 0.6) is 11.5 Å². The van der Waals surface area contributed by atoms with Crippen LogP contribution in [0.25, 0.3) is 0 Å². The van der Waals surface area contributed by atoms with E-state index in [1.54, 1.807) is 0 Å². The van der Waals surface area contributed by atoms with Gasteiger partial charge in [0, 0.05) is 12.1 Å². The number of halogens is 1. The van der Waals surface area contributed by atoms with Crippen LogP contribution in [0.3, 0.4) is 0 Å². The van der Waals surface area contributed by atoms with Crippen LogP contribution in [0.15, 0.2) is 36.4 Å². The maximum atomic E-state index is 12.2. The highest BCUT2D eigenvalue weighted by molar-refractivity contribution is 6.33. The molecule has 0 atom stereocenters. The van der Waals surface area contributed by atoms with Crippen LogP contribution < -0.4 is 20.5 Å². The van der Waals surface area contributed by atoms with Gasteiger partial charge in [-0.3, -0.25) is 19.7 Å². The Hall–Kier alpha value is -3.86. The molecule has 2 aromatic carbocycles. The second-order valence-corrected chi connectivity index (χ2v) is 6.07. The standard InChI is InChI=1S/C18H16ClN3O8/c1-28-15-6-10(2-5-14(15)29-8-16(20)23)18(25)30-9-17(24)21-13-7-11(22(26)27)3-4-12(13)19/h2-7H,8-9H2,1H3,(H2,20,23)(H,21,24). The second-order valence-electron chi connectivity index (χ2n) is 5.67. The molecule has 2 aromatic rings. The summed E-state index contributed by atoms with van der Waals surface area (Å²) in [6.45, 7) is -1.04. The fraction of sp³-hybridized carbons (Fsp3) is 0.167. The molecule has 0 aromatic heterocycles. The van der Waals surface area contributed by atoms with Crippen LogP contribution in [0.2, 0.25) is 5.02 Å². The summed E-state index contributed by atoms with van der Waals surface area (Å²) in [5.41, 5.74) is 4.80. The number of rotatable bonds is 9. The number of nitrogens with two attached hydrogens (primary N) is 1. The maximum absolute atomic E-state index is 12.2. The maximum Gasteiger partial charge on any atom is 0.338 e. The van der Waals surface area contributed by atoms with E-state index in [0.29, 0.717) is 0 Å². The number of carbonyl (C=O) groups is 3. The van der Waals surface area contributed by atoms with Crippen LogP contribution in [0, 0.1) is 10.1 Å². The molecule has 3 N–H and O–H groups in total. The van der Waals surface area contributed by atoms with Gasteiger partial charge in [0.2, 0.25) is 0 Å². The van der Waals surface area contributed by atoms with Crippen molar-refractivity contribution in [2.24, 2.45) is 5.73 Å². The molecule has 0 fully saturated rings. The van der Waals surface area contributed by atoms with Crippen LogP contribution in [-0.4, -0.2) is 43.0 Å². The quantitative estimate of drug-likeness (QED) is 0.341. The summed E-state index contributed by atoms with van der Waals surface area (Å²) in [7, 11) is 1.33. The number of methoxy groups -OCH3 is 1. The number of hydrogen-bond donors (Lipinski definition) is 2. The van der Waals surface area contributed by atoms with Gasteiger partial charge in [-0.25, -0.2) is 4.79 Å². The number of benzene rings is 2. The largest absolute Gasteiger partial charge is 0.493 e. The van der Waals surface area contributed by atoms with Crippen molar-refractivity contribution in [3.63, 3.8) is 0 Å². The molecule has 0 aliphatic rings. The van der Waals surface area contributed by atoms with Gasteiger partial charge < -0.3 is 25.3 Å². The van der Waals surface area contributed by atoms with Crippen LogP contribution in [-0.2, 0) is 14.3 Å². The van der Waals surface area contributed by atoms with Crippen molar-refractivity contribution in [2.45, 2.75) is 0 Å². The Bertz CT molecular complexity index is 995. The zero-order valence-electron chi connectivity index (χ0n) is 15.5. The van der Waals surface area contributed by atoms with Crippen molar-refractivity contribution in [3.8, 4) is 11.5 Å². The summed E-state index contributed by atoms with van der Waals surface area (Å²) < 4.78 is 15.2. The second kappa shape index (κ2) is 10.1. The first-order chi connectivity index (χ1) is 14.2. The normalized spacial score (nSPS) is 10.1. The molecule has 12 heteroatoms. The van der Waals surface area contributed by atoms with Crippen molar-refractivity contribution in [1.29, 1.82) is 0 Å². The molecule has 30 heavy (non-hydrogen) atoms. The number of ether oxygens (including phenoxy) is 3. The lowest BCUT2D eigenvalue weighted by molar-refractivity contribution is -0.384. The molecule has 0 saturated carbocycles. The Balaban J connectivity index is 2.00. The highest BCUT2D eigenvalue weighted by Crippen LogP contribution is 2.29. The molecule has 2 amide bonds. The Labute approximate surface area is 174 Å². The Morgan fingerprint density at radius 2 is 1.87 bits per heavy atom. The van der Waals surface area contributed by atoms with Crippen molar-refractivity contribution in [3.05, 3.63) is 57.1 Å². The van der Waals surface area contributed by atoms with Gasteiger partial charge in [-0.15, -0.1) is 0 Å². The monoisotopic (exact) mass is 437 g/mol. The number of primary amides is 1. The lowest BCUT2D eigenvalue weighted by Crippen LogP contribution is -2.21. The molecule has 0 radical (unpaired) electrons. The zero-order valence-corrected chi connectivity index (χ0v) is 16.3.